The second kappa shape index (κ2) is 44.3. The van der Waals surface area contributed by atoms with Gasteiger partial charge in [-0.1, -0.05) is 189 Å². The highest BCUT2D eigenvalue weighted by molar-refractivity contribution is 5.76. The first kappa shape index (κ1) is 66.3. The number of aliphatic hydroxyl groups is 8. The third-order valence-electron chi connectivity index (χ3n) is 13.3. The Labute approximate surface area is 440 Å². The summed E-state index contributed by atoms with van der Waals surface area (Å²) in [4.78, 5) is 13.2. The first-order valence-corrected chi connectivity index (χ1v) is 28.3. The van der Waals surface area contributed by atoms with Gasteiger partial charge in [-0.05, 0) is 77.0 Å². The molecule has 0 spiro atoms. The molecule has 12 atom stereocenters. The van der Waals surface area contributed by atoms with E-state index in [4.69, 9.17) is 18.9 Å². The molecule has 2 fully saturated rings. The lowest BCUT2D eigenvalue weighted by molar-refractivity contribution is -0.359. The average molecular weight is 1030 g/mol. The van der Waals surface area contributed by atoms with Crippen LogP contribution in [-0.4, -0.2) is 140 Å². The first-order chi connectivity index (χ1) is 35.6. The van der Waals surface area contributed by atoms with Gasteiger partial charge >= 0.3 is 0 Å². The number of hydrogen-bond donors (Lipinski definition) is 9. The van der Waals surface area contributed by atoms with E-state index in [0.29, 0.717) is 12.8 Å². The molecule has 2 rings (SSSR count). The second-order valence-electron chi connectivity index (χ2n) is 19.6. The molecule has 73 heavy (non-hydrogen) atoms. The van der Waals surface area contributed by atoms with E-state index in [9.17, 15) is 45.6 Å². The molecular weight excluding hydrogens is 931 g/mol. The maximum Gasteiger partial charge on any atom is 0.220 e. The monoisotopic (exact) mass is 1030 g/mol. The Hall–Kier alpha value is -2.83. The summed E-state index contributed by atoms with van der Waals surface area (Å²) in [6.07, 6.45) is 42.3. The SMILES string of the molecule is CC/C=C\C/C=C\C/C=C\C/C=C\CCCCCCCCCCCCCCCCCCC(=O)NC(COC1OC(CO)C(OC2OC(CO)C(O)C(O)C2O)C(O)C1O)C(O)/C=C/CC/C=C/CC/C=C/CC. The summed E-state index contributed by atoms with van der Waals surface area (Å²) in [6.45, 7) is 2.51. The Morgan fingerprint density at radius 1 is 0.493 bits per heavy atom. The summed E-state index contributed by atoms with van der Waals surface area (Å²) in [5, 5.41) is 86.7. The summed E-state index contributed by atoms with van der Waals surface area (Å²) in [6, 6.07) is -0.939. The van der Waals surface area contributed by atoms with Crippen molar-refractivity contribution in [1.82, 2.24) is 5.32 Å². The van der Waals surface area contributed by atoms with Gasteiger partial charge in [0, 0.05) is 6.42 Å². The Bertz CT molecular complexity index is 1550. The molecule has 2 saturated heterocycles. The molecule has 14 heteroatoms. The van der Waals surface area contributed by atoms with Gasteiger partial charge < -0.3 is 65.1 Å². The van der Waals surface area contributed by atoms with Crippen molar-refractivity contribution in [2.75, 3.05) is 19.8 Å². The zero-order valence-electron chi connectivity index (χ0n) is 44.8. The molecule has 9 N–H and O–H groups in total. The van der Waals surface area contributed by atoms with Crippen LogP contribution in [0.2, 0.25) is 0 Å². The third kappa shape index (κ3) is 30.5. The zero-order chi connectivity index (χ0) is 53.2. The number of unbranched alkanes of at least 4 members (excludes halogenated alkanes) is 18. The molecule has 2 aliphatic heterocycles. The van der Waals surface area contributed by atoms with Gasteiger partial charge in [0.2, 0.25) is 5.91 Å². The Morgan fingerprint density at radius 3 is 1.45 bits per heavy atom. The smallest absolute Gasteiger partial charge is 0.220 e. The van der Waals surface area contributed by atoms with Crippen LogP contribution in [0.15, 0.2) is 85.1 Å². The normalized spacial score (nSPS) is 26.1. The fourth-order valence-electron chi connectivity index (χ4n) is 8.79. The van der Waals surface area contributed by atoms with Crippen LogP contribution < -0.4 is 5.32 Å². The van der Waals surface area contributed by atoms with E-state index in [1.54, 1.807) is 6.08 Å². The largest absolute Gasteiger partial charge is 0.394 e. The van der Waals surface area contributed by atoms with Crippen molar-refractivity contribution < 1.29 is 64.6 Å². The van der Waals surface area contributed by atoms with Crippen molar-refractivity contribution in [2.45, 2.75) is 261 Å². The van der Waals surface area contributed by atoms with Gasteiger partial charge in [0.25, 0.3) is 0 Å². The van der Waals surface area contributed by atoms with Crippen LogP contribution in [0.3, 0.4) is 0 Å². The van der Waals surface area contributed by atoms with E-state index in [0.717, 1.165) is 70.6 Å². The average Bonchev–Trinajstić information content (AvgIpc) is 3.39. The fourth-order valence-corrected chi connectivity index (χ4v) is 8.79. The van der Waals surface area contributed by atoms with Crippen LogP contribution in [0.25, 0.3) is 0 Å². The molecule has 0 aromatic carbocycles. The van der Waals surface area contributed by atoms with Gasteiger partial charge in [-0.2, -0.15) is 0 Å². The maximum atomic E-state index is 13.2. The van der Waals surface area contributed by atoms with E-state index < -0.39 is 86.8 Å². The van der Waals surface area contributed by atoms with Gasteiger partial charge in [-0.25, -0.2) is 0 Å². The van der Waals surface area contributed by atoms with Crippen molar-refractivity contribution >= 4 is 5.91 Å². The molecule has 0 aromatic rings. The highest BCUT2D eigenvalue weighted by atomic mass is 16.7. The van der Waals surface area contributed by atoms with Gasteiger partial charge in [0.1, 0.15) is 48.8 Å². The van der Waals surface area contributed by atoms with E-state index >= 15 is 0 Å². The molecule has 0 radical (unpaired) electrons. The lowest BCUT2D eigenvalue weighted by Gasteiger charge is -2.46. The number of ether oxygens (including phenoxy) is 4. The van der Waals surface area contributed by atoms with E-state index in [-0.39, 0.29) is 18.9 Å². The number of nitrogens with one attached hydrogen (secondary N) is 1. The predicted octanol–water partition coefficient (Wildman–Crippen LogP) is 8.94. The summed E-state index contributed by atoms with van der Waals surface area (Å²) in [5.41, 5.74) is 0. The van der Waals surface area contributed by atoms with Crippen LogP contribution in [-0.2, 0) is 23.7 Å². The quantitative estimate of drug-likeness (QED) is 0.0206. The topological polar surface area (TPSA) is 228 Å². The van der Waals surface area contributed by atoms with E-state index in [1.165, 1.54) is 83.5 Å². The molecule has 2 aliphatic rings. The molecule has 0 aromatic heterocycles. The van der Waals surface area contributed by atoms with Gasteiger partial charge in [-0.15, -0.1) is 0 Å². The highest BCUT2D eigenvalue weighted by Crippen LogP contribution is 2.30. The molecule has 0 saturated carbocycles. The number of carbonyl (C=O) groups excluding carboxylic acids is 1. The predicted molar refractivity (Wildman–Crippen MR) is 290 cm³/mol. The molecule has 12 unspecified atom stereocenters. The van der Waals surface area contributed by atoms with Gasteiger partial charge in [0.05, 0.1) is 32.0 Å². The minimum Gasteiger partial charge on any atom is -0.394 e. The molecule has 1 amide bonds. The minimum atomic E-state index is -1.79. The number of amides is 1. The summed E-state index contributed by atoms with van der Waals surface area (Å²) >= 11 is 0. The lowest BCUT2D eigenvalue weighted by Crippen LogP contribution is -2.65. The summed E-state index contributed by atoms with van der Waals surface area (Å²) in [7, 11) is 0. The van der Waals surface area contributed by atoms with Crippen LogP contribution in [0.4, 0.5) is 0 Å². The third-order valence-corrected chi connectivity index (χ3v) is 13.3. The highest BCUT2D eigenvalue weighted by Gasteiger charge is 2.51. The second-order valence-corrected chi connectivity index (χ2v) is 19.6. The van der Waals surface area contributed by atoms with Crippen molar-refractivity contribution in [2.24, 2.45) is 0 Å². The van der Waals surface area contributed by atoms with E-state index in [2.05, 4.69) is 92.1 Å². The molecule has 0 aliphatic carbocycles. The molecule has 0 bridgehead atoms. The number of aliphatic hydroxyl groups excluding tert-OH is 8. The Balaban J connectivity index is 1.67. The van der Waals surface area contributed by atoms with Crippen LogP contribution in [0.1, 0.15) is 187 Å². The number of allylic oxidation sites excluding steroid dienone is 13. The van der Waals surface area contributed by atoms with Gasteiger partial charge in [-0.3, -0.25) is 4.79 Å². The van der Waals surface area contributed by atoms with Crippen molar-refractivity contribution in [3.8, 4) is 0 Å². The lowest BCUT2D eigenvalue weighted by atomic mass is 9.97. The molecule has 14 nitrogen and oxygen atoms in total. The van der Waals surface area contributed by atoms with Crippen LogP contribution in [0, 0.1) is 0 Å². The zero-order valence-corrected chi connectivity index (χ0v) is 44.8. The van der Waals surface area contributed by atoms with Crippen LogP contribution >= 0.6 is 0 Å². The Kier molecular flexibility index (Phi) is 40.2. The van der Waals surface area contributed by atoms with Crippen molar-refractivity contribution in [3.05, 3.63) is 85.1 Å². The van der Waals surface area contributed by atoms with Crippen molar-refractivity contribution in [1.29, 1.82) is 0 Å². The van der Waals surface area contributed by atoms with Gasteiger partial charge in [0.15, 0.2) is 12.6 Å². The molecular formula is C59H101NO13. The number of rotatable bonds is 43. The maximum absolute atomic E-state index is 13.2. The van der Waals surface area contributed by atoms with Crippen LogP contribution in [0.5, 0.6) is 0 Å². The molecule has 420 valence electrons. The number of hydrogen-bond acceptors (Lipinski definition) is 13. The molecule has 2 heterocycles. The minimum absolute atomic E-state index is 0.259. The summed E-state index contributed by atoms with van der Waals surface area (Å²) in [5.74, 6) is -0.259. The van der Waals surface area contributed by atoms with Crippen molar-refractivity contribution in [3.63, 3.8) is 0 Å². The van der Waals surface area contributed by atoms with E-state index in [1.807, 2.05) is 6.08 Å². The number of carbonyl (C=O) groups is 1. The Morgan fingerprint density at radius 2 is 0.918 bits per heavy atom. The fraction of sp³-hybridized carbons (Fsp3) is 0.746. The first-order valence-electron chi connectivity index (χ1n) is 28.3. The standard InChI is InChI=1S/C59H101NO13/c1-3-5-7-9-11-13-15-16-17-18-19-20-21-22-23-24-25-26-27-28-29-30-31-32-33-35-37-39-41-43-51(64)60-47(48(63)42-40-38-36-34-14-12-10-8-6-4-2)46-70-58-56(69)54(67)57(50(45-62)72-58)73-59-55(68)53(66)52(65)49(44-61)71-59/h5-8,11,13-14,16-17,19-20,34,40,42,47-50,52-59,61-63,65-69H,3-4,9-10,12,15,18,21-33,35-39,41,43-46H2,1-2H3,(H,60,64)/b7-5-,8-6+,13-11-,17-16-,20-19-,34-14+,42-40+. The summed E-state index contributed by atoms with van der Waals surface area (Å²) < 4.78 is 22.7.